The van der Waals surface area contributed by atoms with Crippen LogP contribution in [0, 0.1) is 6.92 Å². The minimum absolute atomic E-state index is 0.196. The fraction of sp³-hybridized carbons (Fsp3) is 0.154. The third kappa shape index (κ3) is 1.58. The second-order valence-corrected chi connectivity index (χ2v) is 4.14. The zero-order valence-electron chi connectivity index (χ0n) is 9.59. The number of anilines is 2. The van der Waals surface area contributed by atoms with Crippen molar-refractivity contribution in [2.45, 2.75) is 13.1 Å². The molecule has 4 nitrogen and oxygen atoms in total. The predicted molar refractivity (Wildman–Crippen MR) is 67.6 cm³/mol. The number of rotatable bonds is 1. The maximum Gasteiger partial charge on any atom is 0.153 e. The summed E-state index contributed by atoms with van der Waals surface area (Å²) in [6.07, 6.45) is 1.59. The van der Waals surface area contributed by atoms with Gasteiger partial charge in [-0.25, -0.2) is 10.4 Å². The van der Waals surface area contributed by atoms with Crippen molar-refractivity contribution in [3.63, 3.8) is 0 Å². The van der Waals surface area contributed by atoms with E-state index in [1.807, 2.05) is 29.3 Å². The van der Waals surface area contributed by atoms with Gasteiger partial charge in [-0.3, -0.25) is 5.01 Å². The number of nitrogens with one attached hydrogen (secondary N) is 1. The molecular weight excluding hydrogens is 212 g/mol. The molecule has 17 heavy (non-hydrogen) atoms. The predicted octanol–water partition coefficient (Wildman–Crippen LogP) is 2.00. The van der Waals surface area contributed by atoms with Crippen LogP contribution in [0.4, 0.5) is 11.5 Å². The molecule has 1 unspecified atom stereocenters. The molecule has 1 aliphatic heterocycles. The van der Waals surface area contributed by atoms with E-state index >= 15 is 0 Å². The number of benzene rings is 1. The second-order valence-electron chi connectivity index (χ2n) is 4.14. The van der Waals surface area contributed by atoms with Crippen LogP contribution in [0.25, 0.3) is 0 Å². The molecule has 0 aliphatic carbocycles. The van der Waals surface area contributed by atoms with Crippen molar-refractivity contribution in [3.05, 3.63) is 53.7 Å². The van der Waals surface area contributed by atoms with Crippen LogP contribution < -0.4 is 16.2 Å². The molecule has 3 rings (SSSR count). The van der Waals surface area contributed by atoms with Crippen molar-refractivity contribution in [1.29, 1.82) is 0 Å². The first-order chi connectivity index (χ1) is 8.27. The summed E-state index contributed by atoms with van der Waals surface area (Å²) in [6, 6.07) is 12.1. The summed E-state index contributed by atoms with van der Waals surface area (Å²) in [7, 11) is 0. The van der Waals surface area contributed by atoms with Crippen LogP contribution in [-0.2, 0) is 0 Å². The monoisotopic (exact) mass is 226 g/mol. The largest absolute Gasteiger partial charge is 0.311 e. The zero-order chi connectivity index (χ0) is 11.8. The first-order valence-electron chi connectivity index (χ1n) is 5.60. The molecule has 2 aromatic rings. The van der Waals surface area contributed by atoms with E-state index in [4.69, 9.17) is 5.73 Å². The molecule has 1 aromatic carbocycles. The Morgan fingerprint density at radius 2 is 2.06 bits per heavy atom. The van der Waals surface area contributed by atoms with Crippen LogP contribution in [0.2, 0.25) is 0 Å². The number of pyridine rings is 1. The lowest BCUT2D eigenvalue weighted by Gasteiger charge is -2.20. The van der Waals surface area contributed by atoms with Gasteiger partial charge >= 0.3 is 0 Å². The first kappa shape index (κ1) is 10.3. The number of hydrogen-bond donors (Lipinski definition) is 2. The quantitative estimate of drug-likeness (QED) is 0.781. The molecule has 2 heterocycles. The minimum atomic E-state index is -0.196. The molecule has 0 fully saturated rings. The molecule has 1 atom stereocenters. The highest BCUT2D eigenvalue weighted by molar-refractivity contribution is 5.67. The lowest BCUT2D eigenvalue weighted by molar-refractivity contribution is 0.607. The molecule has 0 saturated carbocycles. The molecule has 3 N–H and O–H groups in total. The molecule has 0 amide bonds. The molecule has 0 saturated heterocycles. The van der Waals surface area contributed by atoms with Gasteiger partial charge in [-0.15, -0.1) is 0 Å². The van der Waals surface area contributed by atoms with Crippen LogP contribution in [0.5, 0.6) is 0 Å². The Morgan fingerprint density at radius 1 is 1.24 bits per heavy atom. The Kier molecular flexibility index (Phi) is 2.31. The molecule has 0 radical (unpaired) electrons. The number of para-hydroxylation sites is 1. The summed E-state index contributed by atoms with van der Waals surface area (Å²) >= 11 is 0. The van der Waals surface area contributed by atoms with E-state index in [1.165, 1.54) is 5.56 Å². The smallest absolute Gasteiger partial charge is 0.153 e. The Balaban J connectivity index is 2.11. The van der Waals surface area contributed by atoms with E-state index in [1.54, 1.807) is 6.20 Å². The van der Waals surface area contributed by atoms with E-state index in [9.17, 15) is 0 Å². The summed E-state index contributed by atoms with van der Waals surface area (Å²) < 4.78 is 0. The maximum atomic E-state index is 6.03. The van der Waals surface area contributed by atoms with Gasteiger partial charge in [0.2, 0.25) is 0 Å². The van der Waals surface area contributed by atoms with Crippen LogP contribution in [0.15, 0.2) is 42.6 Å². The number of hydrogen-bond acceptors (Lipinski definition) is 4. The summed E-state index contributed by atoms with van der Waals surface area (Å²) in [5, 5.41) is 1.95. The van der Waals surface area contributed by atoms with Gasteiger partial charge in [0.25, 0.3) is 0 Å². The van der Waals surface area contributed by atoms with Gasteiger partial charge in [0, 0.05) is 11.8 Å². The summed E-state index contributed by atoms with van der Waals surface area (Å²) in [4.78, 5) is 4.39. The van der Waals surface area contributed by atoms with E-state index < -0.39 is 0 Å². The number of aromatic nitrogens is 1. The van der Waals surface area contributed by atoms with Gasteiger partial charge in [-0.2, -0.15) is 0 Å². The molecular formula is C13H14N4. The van der Waals surface area contributed by atoms with Crippen molar-refractivity contribution in [2.24, 2.45) is 5.73 Å². The average Bonchev–Trinajstić information content (AvgIpc) is 2.68. The zero-order valence-corrected chi connectivity index (χ0v) is 9.59. The highest BCUT2D eigenvalue weighted by Crippen LogP contribution is 2.34. The highest BCUT2D eigenvalue weighted by Gasteiger charge is 2.27. The number of fused-ring (bicyclic) bond motifs is 1. The molecule has 0 bridgehead atoms. The van der Waals surface area contributed by atoms with Gasteiger partial charge < -0.3 is 5.73 Å². The number of nitrogens with two attached hydrogens (primary N) is 1. The van der Waals surface area contributed by atoms with E-state index in [2.05, 4.69) is 29.5 Å². The van der Waals surface area contributed by atoms with Crippen molar-refractivity contribution in [1.82, 2.24) is 10.4 Å². The summed E-state index contributed by atoms with van der Waals surface area (Å²) in [6.45, 7) is 2.07. The molecule has 1 aliphatic rings. The lowest BCUT2D eigenvalue weighted by Crippen LogP contribution is -2.34. The summed E-state index contributed by atoms with van der Waals surface area (Å²) in [5.74, 6) is 0.884. The van der Waals surface area contributed by atoms with E-state index in [0.717, 1.165) is 17.1 Å². The molecule has 0 spiro atoms. The average molecular weight is 226 g/mol. The van der Waals surface area contributed by atoms with Gasteiger partial charge in [0.05, 0.1) is 5.69 Å². The fourth-order valence-electron chi connectivity index (χ4n) is 2.11. The molecule has 86 valence electrons. The van der Waals surface area contributed by atoms with Crippen LogP contribution in [0.3, 0.4) is 0 Å². The Bertz CT molecular complexity index is 553. The Labute approximate surface area is 100 Å². The minimum Gasteiger partial charge on any atom is -0.311 e. The van der Waals surface area contributed by atoms with Crippen molar-refractivity contribution < 1.29 is 0 Å². The highest BCUT2D eigenvalue weighted by atomic mass is 15.6. The third-order valence-electron chi connectivity index (χ3n) is 2.99. The summed E-state index contributed by atoms with van der Waals surface area (Å²) in [5.41, 5.74) is 12.5. The Morgan fingerprint density at radius 3 is 2.88 bits per heavy atom. The van der Waals surface area contributed by atoms with Gasteiger partial charge in [-0.1, -0.05) is 24.3 Å². The molecule has 1 aromatic heterocycles. The van der Waals surface area contributed by atoms with E-state index in [-0.39, 0.29) is 6.17 Å². The molecule has 4 heteroatoms. The van der Waals surface area contributed by atoms with Gasteiger partial charge in [0.1, 0.15) is 6.17 Å². The second kappa shape index (κ2) is 3.84. The maximum absolute atomic E-state index is 6.03. The third-order valence-corrected chi connectivity index (χ3v) is 2.99. The lowest BCUT2D eigenvalue weighted by atomic mass is 10.2. The standard InChI is InChI=1S/C13H14N4/c1-9-5-2-3-7-11(9)17-13-10(12(14)16-17)6-4-8-15-13/h2-8,12,16H,14H2,1H3. The van der Waals surface area contributed by atoms with Gasteiger partial charge in [-0.05, 0) is 24.6 Å². The first-order valence-corrected chi connectivity index (χ1v) is 5.60. The van der Waals surface area contributed by atoms with Gasteiger partial charge in [0.15, 0.2) is 5.82 Å². The number of nitrogens with zero attached hydrogens (tertiary/aromatic N) is 2. The number of aryl methyl sites for hydroxylation is 1. The fourth-order valence-corrected chi connectivity index (χ4v) is 2.11. The van der Waals surface area contributed by atoms with Crippen LogP contribution >= 0.6 is 0 Å². The van der Waals surface area contributed by atoms with Crippen molar-refractivity contribution in [2.75, 3.05) is 5.01 Å². The van der Waals surface area contributed by atoms with Crippen LogP contribution in [0.1, 0.15) is 17.3 Å². The van der Waals surface area contributed by atoms with Crippen molar-refractivity contribution in [3.8, 4) is 0 Å². The van der Waals surface area contributed by atoms with Crippen LogP contribution in [-0.4, -0.2) is 4.98 Å². The Hall–Kier alpha value is -1.91. The normalized spacial score (nSPS) is 18.2. The topological polar surface area (TPSA) is 54.2 Å². The SMILES string of the molecule is Cc1ccccc1N1NC(N)c2cccnc21. The number of hydrazine groups is 1. The van der Waals surface area contributed by atoms with Crippen molar-refractivity contribution >= 4 is 11.5 Å². The van der Waals surface area contributed by atoms with E-state index in [0.29, 0.717) is 0 Å².